The van der Waals surface area contributed by atoms with Crippen molar-refractivity contribution in [2.75, 3.05) is 7.05 Å². The Bertz CT molecular complexity index is 640. The molecule has 0 fully saturated rings. The Morgan fingerprint density at radius 1 is 1.22 bits per heavy atom. The van der Waals surface area contributed by atoms with E-state index in [9.17, 15) is 0 Å². The molecule has 0 aliphatic heterocycles. The first kappa shape index (κ1) is 12.0. The highest BCUT2D eigenvalue weighted by Crippen LogP contribution is 2.34. The van der Waals surface area contributed by atoms with E-state index in [0.29, 0.717) is 0 Å². The molecule has 92 valence electrons. The number of rotatable bonds is 3. The van der Waals surface area contributed by atoms with Gasteiger partial charge in [0.15, 0.2) is 4.67 Å². The van der Waals surface area contributed by atoms with Gasteiger partial charge in [0.05, 0.1) is 0 Å². The van der Waals surface area contributed by atoms with Gasteiger partial charge in [0, 0.05) is 9.58 Å². The SMILES string of the molecule is CNC(c1ccc(Br)o1)c1cc2ccccc2s1. The molecule has 0 bridgehead atoms. The van der Waals surface area contributed by atoms with Crippen LogP contribution in [0.1, 0.15) is 16.7 Å². The quantitative estimate of drug-likeness (QED) is 0.764. The number of thiophene rings is 1. The molecule has 0 amide bonds. The monoisotopic (exact) mass is 321 g/mol. The lowest BCUT2D eigenvalue weighted by molar-refractivity contribution is 0.450. The Kier molecular flexibility index (Phi) is 3.24. The molecular formula is C14H12BrNOS. The lowest BCUT2D eigenvalue weighted by Gasteiger charge is -2.10. The minimum atomic E-state index is 0.105. The second-order valence-corrected chi connectivity index (χ2v) is 5.95. The Balaban J connectivity index is 2.05. The summed E-state index contributed by atoms with van der Waals surface area (Å²) in [5.41, 5.74) is 0. The summed E-state index contributed by atoms with van der Waals surface area (Å²) in [5.74, 6) is 0.927. The largest absolute Gasteiger partial charge is 0.452 e. The van der Waals surface area contributed by atoms with Crippen LogP contribution in [0.25, 0.3) is 10.1 Å². The van der Waals surface area contributed by atoms with E-state index in [-0.39, 0.29) is 6.04 Å². The summed E-state index contributed by atoms with van der Waals surface area (Å²) in [6, 6.07) is 14.7. The van der Waals surface area contributed by atoms with Gasteiger partial charge >= 0.3 is 0 Å². The number of fused-ring (bicyclic) bond motifs is 1. The van der Waals surface area contributed by atoms with Crippen LogP contribution in [0.15, 0.2) is 51.6 Å². The van der Waals surface area contributed by atoms with Crippen LogP contribution in [0, 0.1) is 0 Å². The maximum atomic E-state index is 5.65. The highest BCUT2D eigenvalue weighted by atomic mass is 79.9. The lowest BCUT2D eigenvalue weighted by atomic mass is 10.1. The zero-order valence-corrected chi connectivity index (χ0v) is 12.2. The highest BCUT2D eigenvalue weighted by molar-refractivity contribution is 9.10. The topological polar surface area (TPSA) is 25.2 Å². The van der Waals surface area contributed by atoms with Crippen molar-refractivity contribution < 1.29 is 4.42 Å². The average molecular weight is 322 g/mol. The van der Waals surface area contributed by atoms with Gasteiger partial charge in [0.2, 0.25) is 0 Å². The molecule has 1 atom stereocenters. The molecule has 2 nitrogen and oxygen atoms in total. The second-order valence-electron chi connectivity index (χ2n) is 4.05. The summed E-state index contributed by atoms with van der Waals surface area (Å²) in [6.45, 7) is 0. The summed E-state index contributed by atoms with van der Waals surface area (Å²) < 4.78 is 7.71. The van der Waals surface area contributed by atoms with Gasteiger partial charge in [-0.3, -0.25) is 0 Å². The molecule has 0 spiro atoms. The first-order valence-electron chi connectivity index (χ1n) is 5.69. The number of nitrogens with one attached hydrogen (secondary N) is 1. The molecular weight excluding hydrogens is 310 g/mol. The fourth-order valence-electron chi connectivity index (χ4n) is 2.05. The Hall–Kier alpha value is -1.10. The van der Waals surface area contributed by atoms with Gasteiger partial charge in [-0.1, -0.05) is 18.2 Å². The first-order valence-corrected chi connectivity index (χ1v) is 7.30. The van der Waals surface area contributed by atoms with Gasteiger partial charge in [-0.25, -0.2) is 0 Å². The zero-order chi connectivity index (χ0) is 12.5. The molecule has 0 aliphatic carbocycles. The van der Waals surface area contributed by atoms with Crippen molar-refractivity contribution in [3.63, 3.8) is 0 Å². The summed E-state index contributed by atoms with van der Waals surface area (Å²) in [7, 11) is 1.95. The van der Waals surface area contributed by atoms with E-state index in [4.69, 9.17) is 4.42 Å². The van der Waals surface area contributed by atoms with Crippen LogP contribution in [-0.4, -0.2) is 7.05 Å². The van der Waals surface area contributed by atoms with Crippen LogP contribution < -0.4 is 5.32 Å². The third-order valence-corrected chi connectivity index (χ3v) is 4.50. The molecule has 3 rings (SSSR count). The van der Waals surface area contributed by atoms with Crippen molar-refractivity contribution in [3.05, 3.63) is 57.8 Å². The van der Waals surface area contributed by atoms with Gasteiger partial charge < -0.3 is 9.73 Å². The average Bonchev–Trinajstić information content (AvgIpc) is 2.96. The van der Waals surface area contributed by atoms with E-state index >= 15 is 0 Å². The number of hydrogen-bond acceptors (Lipinski definition) is 3. The van der Waals surface area contributed by atoms with Gasteiger partial charge in [-0.15, -0.1) is 11.3 Å². The molecule has 3 aromatic rings. The second kappa shape index (κ2) is 4.88. The lowest BCUT2D eigenvalue weighted by Crippen LogP contribution is -2.15. The minimum absolute atomic E-state index is 0.105. The maximum absolute atomic E-state index is 5.65. The van der Waals surface area contributed by atoms with Crippen molar-refractivity contribution in [1.82, 2.24) is 5.32 Å². The Morgan fingerprint density at radius 3 is 2.72 bits per heavy atom. The summed E-state index contributed by atoms with van der Waals surface area (Å²) in [6.07, 6.45) is 0. The van der Waals surface area contributed by atoms with Gasteiger partial charge in [0.25, 0.3) is 0 Å². The van der Waals surface area contributed by atoms with Crippen molar-refractivity contribution in [1.29, 1.82) is 0 Å². The van der Waals surface area contributed by atoms with E-state index in [1.54, 1.807) is 11.3 Å². The van der Waals surface area contributed by atoms with Crippen LogP contribution in [0.3, 0.4) is 0 Å². The van der Waals surface area contributed by atoms with E-state index in [0.717, 1.165) is 10.4 Å². The van der Waals surface area contributed by atoms with Crippen molar-refractivity contribution >= 4 is 37.4 Å². The van der Waals surface area contributed by atoms with Crippen LogP contribution in [0.4, 0.5) is 0 Å². The van der Waals surface area contributed by atoms with E-state index in [2.05, 4.69) is 51.6 Å². The molecule has 0 radical (unpaired) electrons. The van der Waals surface area contributed by atoms with E-state index in [1.165, 1.54) is 15.0 Å². The minimum Gasteiger partial charge on any atom is -0.452 e. The van der Waals surface area contributed by atoms with Crippen LogP contribution in [0.5, 0.6) is 0 Å². The molecule has 2 aromatic heterocycles. The molecule has 1 unspecified atom stereocenters. The number of benzene rings is 1. The van der Waals surface area contributed by atoms with Crippen molar-refractivity contribution in [2.45, 2.75) is 6.04 Å². The fraction of sp³-hybridized carbons (Fsp3) is 0.143. The summed E-state index contributed by atoms with van der Waals surface area (Å²) >= 11 is 5.14. The van der Waals surface area contributed by atoms with Gasteiger partial charge in [0.1, 0.15) is 11.8 Å². The van der Waals surface area contributed by atoms with Gasteiger partial charge in [-0.05, 0) is 52.6 Å². The number of hydrogen-bond donors (Lipinski definition) is 1. The fourth-order valence-corrected chi connectivity index (χ4v) is 3.56. The number of halogens is 1. The molecule has 4 heteroatoms. The van der Waals surface area contributed by atoms with Crippen LogP contribution in [-0.2, 0) is 0 Å². The predicted molar refractivity (Wildman–Crippen MR) is 79.1 cm³/mol. The molecule has 0 saturated carbocycles. The van der Waals surface area contributed by atoms with E-state index in [1.807, 2.05) is 19.2 Å². The molecule has 1 aromatic carbocycles. The third kappa shape index (κ3) is 2.11. The highest BCUT2D eigenvalue weighted by Gasteiger charge is 2.18. The maximum Gasteiger partial charge on any atom is 0.169 e. The smallest absolute Gasteiger partial charge is 0.169 e. The standard InChI is InChI=1S/C14H12BrNOS/c1-16-14(10-6-7-13(15)17-10)12-8-9-4-2-3-5-11(9)18-12/h2-8,14,16H,1H3. The number of furan rings is 1. The van der Waals surface area contributed by atoms with Crippen molar-refractivity contribution in [2.24, 2.45) is 0 Å². The molecule has 18 heavy (non-hydrogen) atoms. The van der Waals surface area contributed by atoms with E-state index < -0.39 is 0 Å². The van der Waals surface area contributed by atoms with Gasteiger partial charge in [-0.2, -0.15) is 0 Å². The molecule has 2 heterocycles. The summed E-state index contributed by atoms with van der Waals surface area (Å²) in [4.78, 5) is 1.26. The molecule has 0 aliphatic rings. The third-order valence-electron chi connectivity index (χ3n) is 2.90. The molecule has 0 saturated heterocycles. The van der Waals surface area contributed by atoms with Crippen LogP contribution >= 0.6 is 27.3 Å². The van der Waals surface area contributed by atoms with Crippen molar-refractivity contribution in [3.8, 4) is 0 Å². The Morgan fingerprint density at radius 2 is 2.06 bits per heavy atom. The Labute approximate surface area is 118 Å². The predicted octanol–water partition coefficient (Wildman–Crippen LogP) is 4.57. The van der Waals surface area contributed by atoms with Crippen LogP contribution in [0.2, 0.25) is 0 Å². The first-order chi connectivity index (χ1) is 8.78. The normalized spacial score (nSPS) is 13.0. The summed E-state index contributed by atoms with van der Waals surface area (Å²) in [5, 5.41) is 4.59. The zero-order valence-electron chi connectivity index (χ0n) is 9.81. The molecule has 1 N–H and O–H groups in total.